The second kappa shape index (κ2) is 16.3. The highest BCUT2D eigenvalue weighted by Crippen LogP contribution is 2.29. The van der Waals surface area contributed by atoms with Crippen molar-refractivity contribution in [1.29, 1.82) is 0 Å². The van der Waals surface area contributed by atoms with Gasteiger partial charge in [0.05, 0.1) is 13.2 Å². The Kier molecular flexibility index (Phi) is 12.3. The average Bonchev–Trinajstić information content (AvgIpc) is 3.02. The molecule has 0 unspecified atom stereocenters. The summed E-state index contributed by atoms with van der Waals surface area (Å²) >= 11 is 0. The lowest BCUT2D eigenvalue weighted by Crippen LogP contribution is -2.48. The van der Waals surface area contributed by atoms with Gasteiger partial charge >= 0.3 is 6.03 Å². The predicted molar refractivity (Wildman–Crippen MR) is 175 cm³/mol. The second-order valence-corrected chi connectivity index (χ2v) is 11.1. The molecule has 44 heavy (non-hydrogen) atoms. The highest BCUT2D eigenvalue weighted by atomic mass is 16.5. The Bertz CT molecular complexity index is 1290. The van der Waals surface area contributed by atoms with Gasteiger partial charge in [0.1, 0.15) is 0 Å². The molecule has 1 saturated carbocycles. The topological polar surface area (TPSA) is 112 Å². The molecule has 2 amide bonds. The summed E-state index contributed by atoms with van der Waals surface area (Å²) in [4.78, 5) is 38.3. The molecule has 2 saturated heterocycles. The quantitative estimate of drug-likeness (QED) is 0.382. The first-order chi connectivity index (χ1) is 20.7. The first-order valence-corrected chi connectivity index (χ1v) is 15.2. The van der Waals surface area contributed by atoms with Gasteiger partial charge in [-0.15, -0.1) is 0 Å². The van der Waals surface area contributed by atoms with Crippen LogP contribution < -0.4 is 20.4 Å². The molecule has 3 aliphatic rings. The normalized spacial score (nSPS) is 18.3. The Labute approximate surface area is 262 Å². The summed E-state index contributed by atoms with van der Waals surface area (Å²) in [6.07, 6.45) is 12.5. The van der Waals surface area contributed by atoms with Crippen LogP contribution in [0.1, 0.15) is 44.9 Å². The van der Waals surface area contributed by atoms with E-state index in [9.17, 15) is 4.79 Å². The second-order valence-electron chi connectivity index (χ2n) is 11.1. The zero-order valence-electron chi connectivity index (χ0n) is 25.6. The molecular weight excluding hydrogens is 554 g/mol. The molecule has 1 aromatic carbocycles. The fourth-order valence-corrected chi connectivity index (χ4v) is 5.81. The maximum Gasteiger partial charge on any atom is 0.323 e. The average molecular weight is 599 g/mol. The summed E-state index contributed by atoms with van der Waals surface area (Å²) in [7, 11) is 0. The molecule has 5 radical (unpaired) electrons. The van der Waals surface area contributed by atoms with E-state index in [0.29, 0.717) is 36.4 Å². The first kappa shape index (κ1) is 33.1. The molecule has 2 aromatic heterocycles. The van der Waals surface area contributed by atoms with Crippen LogP contribution in [0.4, 0.5) is 28.1 Å². The molecular formula is C33H44N9O2. The van der Waals surface area contributed by atoms with Gasteiger partial charge in [-0.25, -0.2) is 4.79 Å². The summed E-state index contributed by atoms with van der Waals surface area (Å²) in [5, 5.41) is 5.68. The largest absolute Gasteiger partial charge is 0.378 e. The SMILES string of the molecule is O=C(Nc1ccncc1)Nc1ccc(-c2nc(N3CCOCC3)nc(N3CCN([C]4CCCCCCC4)CC3)n2)cc1.[CH2].[CH2]. The van der Waals surface area contributed by atoms with E-state index in [4.69, 9.17) is 19.7 Å². The van der Waals surface area contributed by atoms with Gasteiger partial charge in [0.15, 0.2) is 5.82 Å². The lowest BCUT2D eigenvalue weighted by atomic mass is 9.95. The zero-order valence-corrected chi connectivity index (χ0v) is 25.6. The molecule has 233 valence electrons. The molecule has 11 heteroatoms. The summed E-state index contributed by atoms with van der Waals surface area (Å²) in [5.41, 5.74) is 2.23. The van der Waals surface area contributed by atoms with E-state index < -0.39 is 0 Å². The number of aromatic nitrogens is 4. The number of nitrogens with zero attached hydrogens (tertiary/aromatic N) is 7. The van der Waals surface area contributed by atoms with Gasteiger partial charge in [0.25, 0.3) is 0 Å². The van der Waals surface area contributed by atoms with E-state index in [0.717, 1.165) is 50.8 Å². The number of pyridine rings is 1. The van der Waals surface area contributed by atoms with Gasteiger partial charge in [-0.3, -0.25) is 9.88 Å². The molecule has 6 rings (SSSR count). The van der Waals surface area contributed by atoms with E-state index >= 15 is 0 Å². The number of nitrogens with one attached hydrogen (secondary N) is 2. The number of ether oxygens (including phenoxy) is 1. The van der Waals surface area contributed by atoms with Crippen molar-refractivity contribution in [1.82, 2.24) is 24.8 Å². The number of carbonyl (C=O) groups excluding carboxylic acids is 1. The van der Waals surface area contributed by atoms with Crippen LogP contribution in [0.15, 0.2) is 48.8 Å². The third kappa shape index (κ3) is 8.63. The number of piperazine rings is 1. The van der Waals surface area contributed by atoms with Gasteiger partial charge in [0.2, 0.25) is 11.9 Å². The third-order valence-electron chi connectivity index (χ3n) is 8.19. The number of benzene rings is 1. The molecule has 1 aliphatic carbocycles. The number of morpholine rings is 1. The summed E-state index contributed by atoms with van der Waals surface area (Å²) in [5.74, 6) is 2.04. The highest BCUT2D eigenvalue weighted by Gasteiger charge is 2.27. The molecule has 3 fully saturated rings. The molecule has 0 atom stereocenters. The minimum absolute atomic E-state index is 0. The molecule has 2 aliphatic heterocycles. The Morgan fingerprint density at radius 3 is 1.77 bits per heavy atom. The van der Waals surface area contributed by atoms with Gasteiger partial charge < -0.3 is 25.2 Å². The van der Waals surface area contributed by atoms with Crippen LogP contribution in [0.25, 0.3) is 11.4 Å². The van der Waals surface area contributed by atoms with Crippen molar-refractivity contribution in [2.24, 2.45) is 0 Å². The van der Waals surface area contributed by atoms with Crippen molar-refractivity contribution in [2.45, 2.75) is 44.9 Å². The van der Waals surface area contributed by atoms with Crippen LogP contribution in [0.5, 0.6) is 0 Å². The minimum atomic E-state index is -0.317. The van der Waals surface area contributed by atoms with Gasteiger partial charge in [-0.2, -0.15) is 15.0 Å². The predicted octanol–water partition coefficient (Wildman–Crippen LogP) is 5.47. The van der Waals surface area contributed by atoms with Gasteiger partial charge in [-0.05, 0) is 49.2 Å². The number of hydrogen-bond acceptors (Lipinski definition) is 9. The Balaban J connectivity index is 0.00000221. The van der Waals surface area contributed by atoms with Crippen molar-refractivity contribution in [2.75, 3.05) is 72.9 Å². The van der Waals surface area contributed by atoms with Gasteiger partial charge in [0, 0.05) is 74.6 Å². The maximum absolute atomic E-state index is 12.4. The van der Waals surface area contributed by atoms with Crippen molar-refractivity contribution < 1.29 is 9.53 Å². The number of rotatable bonds is 6. The van der Waals surface area contributed by atoms with Crippen LogP contribution in [0, 0.1) is 20.9 Å². The fourth-order valence-electron chi connectivity index (χ4n) is 5.81. The molecule has 0 spiro atoms. The van der Waals surface area contributed by atoms with Crippen molar-refractivity contribution >= 4 is 29.3 Å². The number of amides is 2. The molecule has 4 heterocycles. The van der Waals surface area contributed by atoms with Crippen LogP contribution in [-0.2, 0) is 4.74 Å². The lowest BCUT2D eigenvalue weighted by Gasteiger charge is -2.39. The Hall–Kier alpha value is -3.83. The number of hydrogen-bond donors (Lipinski definition) is 2. The van der Waals surface area contributed by atoms with Crippen molar-refractivity contribution in [3.63, 3.8) is 0 Å². The molecule has 2 N–H and O–H groups in total. The highest BCUT2D eigenvalue weighted by molar-refractivity contribution is 5.99. The fraction of sp³-hybridized carbons (Fsp3) is 0.455. The molecule has 0 bridgehead atoms. The first-order valence-electron chi connectivity index (χ1n) is 15.2. The van der Waals surface area contributed by atoms with Gasteiger partial charge in [-0.1, -0.05) is 47.0 Å². The lowest BCUT2D eigenvalue weighted by molar-refractivity contribution is 0.122. The number of carbonyl (C=O) groups is 1. The van der Waals surface area contributed by atoms with E-state index in [-0.39, 0.29) is 20.9 Å². The third-order valence-corrected chi connectivity index (χ3v) is 8.19. The van der Waals surface area contributed by atoms with E-state index in [1.807, 2.05) is 24.3 Å². The Morgan fingerprint density at radius 2 is 1.16 bits per heavy atom. The summed E-state index contributed by atoms with van der Waals surface area (Å²) in [6, 6.07) is 12.4. The van der Waals surface area contributed by atoms with Crippen LogP contribution in [0.3, 0.4) is 0 Å². The monoisotopic (exact) mass is 598 g/mol. The van der Waals surface area contributed by atoms with Crippen LogP contribution in [-0.4, -0.2) is 83.3 Å². The van der Waals surface area contributed by atoms with Crippen molar-refractivity contribution in [3.05, 3.63) is 69.7 Å². The van der Waals surface area contributed by atoms with Crippen LogP contribution in [0.2, 0.25) is 0 Å². The van der Waals surface area contributed by atoms with E-state index in [1.165, 1.54) is 44.9 Å². The smallest absolute Gasteiger partial charge is 0.323 e. The maximum atomic E-state index is 12.4. The number of urea groups is 1. The van der Waals surface area contributed by atoms with E-state index in [2.05, 4.69) is 30.3 Å². The molecule has 3 aromatic rings. The molecule has 11 nitrogen and oxygen atoms in total. The van der Waals surface area contributed by atoms with Crippen LogP contribution >= 0.6 is 0 Å². The summed E-state index contributed by atoms with van der Waals surface area (Å²) < 4.78 is 5.58. The standard InChI is InChI=1S/C31H40N9O2.2CH2/c41-31(34-26-12-14-32-15-13-26)33-25-10-8-24(9-11-25)28-35-29(37-30(36-28)40-20-22-42-23-21-40)39-18-16-38(17-19-39)27-6-4-2-1-3-5-7-27;;/h8-15H,1-7,16-23H2,(H2,32,33,34,41);2*1H2. The van der Waals surface area contributed by atoms with E-state index in [1.54, 1.807) is 30.6 Å². The zero-order chi connectivity index (χ0) is 28.6. The van der Waals surface area contributed by atoms with Crippen molar-refractivity contribution in [3.8, 4) is 11.4 Å². The minimum Gasteiger partial charge on any atom is -0.378 e. The summed E-state index contributed by atoms with van der Waals surface area (Å²) in [6.45, 7) is 6.63. The Morgan fingerprint density at radius 1 is 0.636 bits per heavy atom. The number of anilines is 4.